The van der Waals surface area contributed by atoms with Crippen LogP contribution in [0.5, 0.6) is 0 Å². The summed E-state index contributed by atoms with van der Waals surface area (Å²) in [6, 6.07) is 6.37. The van der Waals surface area contributed by atoms with E-state index in [9.17, 15) is 8.42 Å². The highest BCUT2D eigenvalue weighted by Crippen LogP contribution is 2.21. The summed E-state index contributed by atoms with van der Waals surface area (Å²) >= 11 is 0. The molecule has 0 saturated heterocycles. The first-order valence-electron chi connectivity index (χ1n) is 4.87. The summed E-state index contributed by atoms with van der Waals surface area (Å²) in [7, 11) is -2.22. The third-order valence-electron chi connectivity index (χ3n) is 2.29. The van der Waals surface area contributed by atoms with Crippen molar-refractivity contribution in [2.45, 2.75) is 4.90 Å². The standard InChI is InChI=1S/C10H12N4O2S/c1-12-17(15,16)10-7-8(11)3-4-9(10)14-6-2-5-13-14/h2-7,12H,11H2,1H3. The fourth-order valence-corrected chi connectivity index (χ4v) is 2.40. The van der Waals surface area contributed by atoms with Crippen molar-refractivity contribution in [3.63, 3.8) is 0 Å². The molecule has 0 atom stereocenters. The van der Waals surface area contributed by atoms with Crippen molar-refractivity contribution in [2.24, 2.45) is 0 Å². The van der Waals surface area contributed by atoms with Gasteiger partial charge >= 0.3 is 0 Å². The van der Waals surface area contributed by atoms with Crippen LogP contribution in [0, 0.1) is 0 Å². The van der Waals surface area contributed by atoms with Crippen LogP contribution in [-0.2, 0) is 10.0 Å². The summed E-state index contributed by atoms with van der Waals surface area (Å²) in [5.41, 5.74) is 6.45. The number of sulfonamides is 1. The monoisotopic (exact) mass is 252 g/mol. The molecule has 0 saturated carbocycles. The van der Waals surface area contributed by atoms with Gasteiger partial charge in [0.2, 0.25) is 10.0 Å². The van der Waals surface area contributed by atoms with Gasteiger partial charge in [0.1, 0.15) is 4.90 Å². The van der Waals surface area contributed by atoms with Gasteiger partial charge in [-0.25, -0.2) is 17.8 Å². The van der Waals surface area contributed by atoms with Crippen LogP contribution >= 0.6 is 0 Å². The van der Waals surface area contributed by atoms with Crippen LogP contribution in [0.25, 0.3) is 5.69 Å². The molecular formula is C10H12N4O2S. The first-order chi connectivity index (χ1) is 8.04. The lowest BCUT2D eigenvalue weighted by atomic mass is 10.3. The molecule has 0 amide bonds. The minimum atomic E-state index is -3.57. The van der Waals surface area contributed by atoms with E-state index in [0.717, 1.165) is 0 Å². The molecule has 0 spiro atoms. The molecule has 1 heterocycles. The van der Waals surface area contributed by atoms with E-state index in [-0.39, 0.29) is 4.90 Å². The lowest BCUT2D eigenvalue weighted by Crippen LogP contribution is -2.20. The van der Waals surface area contributed by atoms with Gasteiger partial charge in [0, 0.05) is 18.1 Å². The van der Waals surface area contributed by atoms with Crippen molar-refractivity contribution in [3.05, 3.63) is 36.7 Å². The number of nitrogens with two attached hydrogens (primary N) is 1. The Labute approximate surface area is 99.1 Å². The lowest BCUT2D eigenvalue weighted by Gasteiger charge is -2.10. The summed E-state index contributed by atoms with van der Waals surface area (Å²) in [4.78, 5) is 0.101. The second kappa shape index (κ2) is 4.19. The molecule has 0 bridgehead atoms. The van der Waals surface area contributed by atoms with Gasteiger partial charge in [-0.15, -0.1) is 0 Å². The van der Waals surface area contributed by atoms with Gasteiger partial charge in [-0.3, -0.25) is 0 Å². The molecule has 0 radical (unpaired) electrons. The van der Waals surface area contributed by atoms with Crippen molar-refractivity contribution in [3.8, 4) is 5.69 Å². The van der Waals surface area contributed by atoms with E-state index >= 15 is 0 Å². The highest BCUT2D eigenvalue weighted by Gasteiger charge is 2.18. The van der Waals surface area contributed by atoms with Gasteiger partial charge in [0.05, 0.1) is 5.69 Å². The summed E-state index contributed by atoms with van der Waals surface area (Å²) in [5.74, 6) is 0. The van der Waals surface area contributed by atoms with Crippen molar-refractivity contribution < 1.29 is 8.42 Å². The van der Waals surface area contributed by atoms with Crippen molar-refractivity contribution in [1.82, 2.24) is 14.5 Å². The fraction of sp³-hybridized carbons (Fsp3) is 0.100. The molecule has 0 aliphatic heterocycles. The maximum Gasteiger partial charge on any atom is 0.242 e. The van der Waals surface area contributed by atoms with Crippen LogP contribution in [0.1, 0.15) is 0 Å². The van der Waals surface area contributed by atoms with E-state index in [0.29, 0.717) is 11.4 Å². The van der Waals surface area contributed by atoms with E-state index < -0.39 is 10.0 Å². The Morgan fingerprint density at radius 1 is 1.41 bits per heavy atom. The molecule has 2 rings (SSSR count). The van der Waals surface area contributed by atoms with E-state index in [4.69, 9.17) is 5.73 Å². The Morgan fingerprint density at radius 2 is 2.18 bits per heavy atom. The number of anilines is 1. The number of nitrogens with zero attached hydrogens (tertiary/aromatic N) is 2. The molecule has 7 heteroatoms. The van der Waals surface area contributed by atoms with Crippen molar-refractivity contribution >= 4 is 15.7 Å². The predicted octanol–water partition coefficient (Wildman–Crippen LogP) is 0.363. The molecule has 0 aliphatic carbocycles. The van der Waals surface area contributed by atoms with E-state index in [1.54, 1.807) is 30.6 Å². The van der Waals surface area contributed by atoms with Crippen molar-refractivity contribution in [1.29, 1.82) is 0 Å². The third-order valence-corrected chi connectivity index (χ3v) is 3.74. The van der Waals surface area contributed by atoms with Crippen LogP contribution < -0.4 is 10.5 Å². The first-order valence-corrected chi connectivity index (χ1v) is 6.36. The molecule has 17 heavy (non-hydrogen) atoms. The number of benzene rings is 1. The number of hydrogen-bond donors (Lipinski definition) is 2. The van der Waals surface area contributed by atoms with Crippen LogP contribution in [0.3, 0.4) is 0 Å². The highest BCUT2D eigenvalue weighted by molar-refractivity contribution is 7.89. The number of aromatic nitrogens is 2. The summed E-state index contributed by atoms with van der Waals surface area (Å²) in [5, 5.41) is 4.01. The Kier molecular flexibility index (Phi) is 2.86. The van der Waals surface area contributed by atoms with Gasteiger partial charge in [0.15, 0.2) is 0 Å². The van der Waals surface area contributed by atoms with Crippen LogP contribution in [0.2, 0.25) is 0 Å². The largest absolute Gasteiger partial charge is 0.399 e. The average Bonchev–Trinajstić information content (AvgIpc) is 2.82. The summed E-state index contributed by atoms with van der Waals surface area (Å²) < 4.78 is 27.5. The molecule has 0 fully saturated rings. The van der Waals surface area contributed by atoms with Crippen molar-refractivity contribution in [2.75, 3.05) is 12.8 Å². The topological polar surface area (TPSA) is 90.0 Å². The normalized spacial score (nSPS) is 11.6. The zero-order valence-corrected chi connectivity index (χ0v) is 9.98. The quantitative estimate of drug-likeness (QED) is 0.772. The second-order valence-electron chi connectivity index (χ2n) is 3.39. The van der Waals surface area contributed by atoms with E-state index in [1.165, 1.54) is 17.8 Å². The molecule has 1 aromatic carbocycles. The number of nitrogen functional groups attached to an aromatic ring is 1. The maximum absolute atomic E-state index is 11.9. The first kappa shape index (κ1) is 11.6. The summed E-state index contributed by atoms with van der Waals surface area (Å²) in [6.07, 6.45) is 3.24. The Morgan fingerprint density at radius 3 is 2.76 bits per heavy atom. The van der Waals surface area contributed by atoms with E-state index in [2.05, 4.69) is 9.82 Å². The van der Waals surface area contributed by atoms with Gasteiger partial charge < -0.3 is 5.73 Å². The summed E-state index contributed by atoms with van der Waals surface area (Å²) in [6.45, 7) is 0. The Bertz CT molecular complexity index is 620. The van der Waals surface area contributed by atoms with Crippen LogP contribution in [-0.4, -0.2) is 25.2 Å². The minimum absolute atomic E-state index is 0.101. The molecule has 0 aliphatic rings. The second-order valence-corrected chi connectivity index (χ2v) is 5.24. The zero-order chi connectivity index (χ0) is 12.5. The molecule has 0 unspecified atom stereocenters. The molecular weight excluding hydrogens is 240 g/mol. The van der Waals surface area contributed by atoms with E-state index in [1.807, 2.05) is 0 Å². The van der Waals surface area contributed by atoms with Gasteiger partial charge in [-0.1, -0.05) is 0 Å². The molecule has 1 aromatic heterocycles. The molecule has 6 nitrogen and oxygen atoms in total. The Hall–Kier alpha value is -1.86. The third kappa shape index (κ3) is 2.15. The zero-order valence-electron chi connectivity index (χ0n) is 9.16. The number of nitrogens with one attached hydrogen (secondary N) is 1. The smallest absolute Gasteiger partial charge is 0.242 e. The molecule has 2 aromatic rings. The van der Waals surface area contributed by atoms with Gasteiger partial charge in [-0.2, -0.15) is 5.10 Å². The average molecular weight is 252 g/mol. The maximum atomic E-state index is 11.9. The van der Waals surface area contributed by atoms with Crippen LogP contribution in [0.4, 0.5) is 5.69 Å². The van der Waals surface area contributed by atoms with Crippen LogP contribution in [0.15, 0.2) is 41.6 Å². The lowest BCUT2D eigenvalue weighted by molar-refractivity contribution is 0.587. The highest BCUT2D eigenvalue weighted by atomic mass is 32.2. The number of hydrogen-bond acceptors (Lipinski definition) is 4. The molecule has 90 valence electrons. The van der Waals surface area contributed by atoms with Gasteiger partial charge in [-0.05, 0) is 31.3 Å². The number of rotatable bonds is 3. The SMILES string of the molecule is CNS(=O)(=O)c1cc(N)ccc1-n1cccn1. The molecule has 3 N–H and O–H groups in total. The Balaban J connectivity index is 2.69. The predicted molar refractivity (Wildman–Crippen MR) is 64.2 cm³/mol. The van der Waals surface area contributed by atoms with Gasteiger partial charge in [0.25, 0.3) is 0 Å². The fourth-order valence-electron chi connectivity index (χ4n) is 1.46. The minimum Gasteiger partial charge on any atom is -0.399 e.